The van der Waals surface area contributed by atoms with Gasteiger partial charge in [-0.15, -0.1) is 0 Å². The van der Waals surface area contributed by atoms with Gasteiger partial charge in [0.2, 0.25) is 0 Å². The number of hydrogen-bond acceptors (Lipinski definition) is 6. The van der Waals surface area contributed by atoms with Gasteiger partial charge in [-0.2, -0.15) is 0 Å². The smallest absolute Gasteiger partial charge is 0.306 e. The van der Waals surface area contributed by atoms with Crippen molar-refractivity contribution in [1.29, 1.82) is 0 Å². The summed E-state index contributed by atoms with van der Waals surface area (Å²) in [7, 11) is 0. The number of carbonyl (C=O) groups excluding carboxylic acids is 3. The van der Waals surface area contributed by atoms with Gasteiger partial charge in [-0.1, -0.05) is 273 Å². The van der Waals surface area contributed by atoms with Crippen LogP contribution < -0.4 is 0 Å². The number of unbranched alkanes of at least 4 members (excludes halogenated alkanes) is 32. The first-order valence-electron chi connectivity index (χ1n) is 31.6. The molecule has 0 rings (SSSR count). The van der Waals surface area contributed by atoms with Crippen LogP contribution in [-0.4, -0.2) is 37.2 Å². The molecule has 0 saturated heterocycles. The van der Waals surface area contributed by atoms with Crippen LogP contribution >= 0.6 is 0 Å². The van der Waals surface area contributed by atoms with E-state index in [2.05, 4.69) is 106 Å². The van der Waals surface area contributed by atoms with Crippen molar-refractivity contribution in [1.82, 2.24) is 0 Å². The standard InChI is InChI=1S/C68H118O6/c1-4-7-10-13-16-19-22-24-25-26-27-28-29-30-31-32-33-34-35-36-37-38-39-40-41-42-43-45-46-49-52-55-58-61-67(70)73-64-65(63-72-66(69)60-57-54-51-48-21-18-15-12-9-6-3)74-68(71)62-59-56-53-50-47-44-23-20-17-14-11-8-5-2/h7,10-12,14-16,19-20,23-25,27-28,65H,4-6,8-9,13,17-18,21-22,26,29-64H2,1-3H3/b10-7-,14-11-,15-12-,19-16-,23-20-,25-24-,28-27-. The van der Waals surface area contributed by atoms with Crippen molar-refractivity contribution in [3.8, 4) is 0 Å². The summed E-state index contributed by atoms with van der Waals surface area (Å²) in [5.41, 5.74) is 0. The van der Waals surface area contributed by atoms with Gasteiger partial charge in [0.1, 0.15) is 13.2 Å². The highest BCUT2D eigenvalue weighted by Gasteiger charge is 2.19. The molecular weight excluding hydrogens is 913 g/mol. The number of esters is 3. The van der Waals surface area contributed by atoms with E-state index in [1.807, 2.05) is 0 Å². The molecule has 426 valence electrons. The van der Waals surface area contributed by atoms with Crippen molar-refractivity contribution < 1.29 is 28.6 Å². The van der Waals surface area contributed by atoms with Crippen LogP contribution in [0, 0.1) is 0 Å². The topological polar surface area (TPSA) is 78.9 Å². The van der Waals surface area contributed by atoms with Crippen molar-refractivity contribution in [2.75, 3.05) is 13.2 Å². The van der Waals surface area contributed by atoms with Crippen LogP contribution in [0.4, 0.5) is 0 Å². The minimum atomic E-state index is -0.784. The number of carbonyl (C=O) groups is 3. The van der Waals surface area contributed by atoms with E-state index in [1.165, 1.54) is 141 Å². The van der Waals surface area contributed by atoms with Crippen molar-refractivity contribution in [3.63, 3.8) is 0 Å². The Morgan fingerprint density at radius 3 is 0.851 bits per heavy atom. The molecule has 0 aliphatic carbocycles. The number of hydrogen-bond donors (Lipinski definition) is 0. The van der Waals surface area contributed by atoms with Gasteiger partial charge >= 0.3 is 17.9 Å². The Hall–Kier alpha value is -3.41. The molecule has 0 aliphatic rings. The van der Waals surface area contributed by atoms with Gasteiger partial charge in [0.15, 0.2) is 6.10 Å². The molecule has 0 bridgehead atoms. The molecule has 1 unspecified atom stereocenters. The van der Waals surface area contributed by atoms with Crippen LogP contribution in [0.1, 0.15) is 310 Å². The average molecular weight is 1030 g/mol. The fourth-order valence-corrected chi connectivity index (χ4v) is 8.89. The Kier molecular flexibility index (Phi) is 59.3. The summed E-state index contributed by atoms with van der Waals surface area (Å²) in [6.07, 6.45) is 81.9. The summed E-state index contributed by atoms with van der Waals surface area (Å²) < 4.78 is 16.8. The van der Waals surface area contributed by atoms with E-state index in [9.17, 15) is 14.4 Å². The summed E-state index contributed by atoms with van der Waals surface area (Å²) >= 11 is 0. The molecule has 0 N–H and O–H groups in total. The van der Waals surface area contributed by atoms with E-state index in [4.69, 9.17) is 14.2 Å². The van der Waals surface area contributed by atoms with Crippen molar-refractivity contribution in [2.24, 2.45) is 0 Å². The lowest BCUT2D eigenvalue weighted by Gasteiger charge is -2.18. The Balaban J connectivity index is 4.04. The van der Waals surface area contributed by atoms with E-state index in [0.717, 1.165) is 128 Å². The van der Waals surface area contributed by atoms with Crippen LogP contribution in [0.2, 0.25) is 0 Å². The van der Waals surface area contributed by atoms with E-state index in [0.29, 0.717) is 19.3 Å². The largest absolute Gasteiger partial charge is 0.462 e. The molecule has 0 aliphatic heterocycles. The van der Waals surface area contributed by atoms with Gasteiger partial charge < -0.3 is 14.2 Å². The van der Waals surface area contributed by atoms with E-state index in [-0.39, 0.29) is 31.1 Å². The van der Waals surface area contributed by atoms with Gasteiger partial charge in [-0.05, 0) is 103 Å². The molecule has 1 atom stereocenters. The van der Waals surface area contributed by atoms with Crippen molar-refractivity contribution in [3.05, 3.63) is 85.1 Å². The first-order chi connectivity index (χ1) is 36.5. The van der Waals surface area contributed by atoms with Gasteiger partial charge in [-0.25, -0.2) is 0 Å². The highest BCUT2D eigenvalue weighted by molar-refractivity contribution is 5.71. The predicted octanol–water partition coefficient (Wildman–Crippen LogP) is 21.5. The third kappa shape index (κ3) is 59.5. The van der Waals surface area contributed by atoms with Gasteiger partial charge in [0.25, 0.3) is 0 Å². The number of ether oxygens (including phenoxy) is 3. The fourth-order valence-electron chi connectivity index (χ4n) is 8.89. The Labute approximate surface area is 458 Å². The lowest BCUT2D eigenvalue weighted by Crippen LogP contribution is -2.30. The highest BCUT2D eigenvalue weighted by atomic mass is 16.6. The second-order valence-corrected chi connectivity index (χ2v) is 20.9. The maximum Gasteiger partial charge on any atom is 0.306 e. The second kappa shape index (κ2) is 62.1. The lowest BCUT2D eigenvalue weighted by molar-refractivity contribution is -0.167. The van der Waals surface area contributed by atoms with Gasteiger partial charge in [0.05, 0.1) is 0 Å². The van der Waals surface area contributed by atoms with Gasteiger partial charge in [0, 0.05) is 19.3 Å². The third-order valence-corrected chi connectivity index (χ3v) is 13.6. The molecule has 0 aromatic carbocycles. The summed E-state index contributed by atoms with van der Waals surface area (Å²) in [6.45, 7) is 6.40. The molecule has 6 heteroatoms. The molecule has 0 aromatic heterocycles. The molecule has 0 aromatic rings. The monoisotopic (exact) mass is 1030 g/mol. The third-order valence-electron chi connectivity index (χ3n) is 13.6. The Morgan fingerprint density at radius 1 is 0.284 bits per heavy atom. The van der Waals surface area contributed by atoms with E-state index < -0.39 is 6.10 Å². The predicted molar refractivity (Wildman–Crippen MR) is 321 cm³/mol. The molecule has 6 nitrogen and oxygen atoms in total. The van der Waals surface area contributed by atoms with Crippen LogP contribution in [-0.2, 0) is 28.6 Å². The average Bonchev–Trinajstić information content (AvgIpc) is 3.40. The lowest BCUT2D eigenvalue weighted by atomic mass is 10.0. The quantitative estimate of drug-likeness (QED) is 0.0261. The molecule has 0 fully saturated rings. The van der Waals surface area contributed by atoms with Crippen LogP contribution in [0.3, 0.4) is 0 Å². The fraction of sp³-hybridized carbons (Fsp3) is 0.750. The number of allylic oxidation sites excluding steroid dienone is 14. The van der Waals surface area contributed by atoms with Crippen molar-refractivity contribution in [2.45, 2.75) is 316 Å². The summed E-state index contributed by atoms with van der Waals surface area (Å²) in [5.74, 6) is -0.898. The molecule has 0 heterocycles. The molecule has 0 spiro atoms. The Bertz CT molecular complexity index is 1420. The molecule has 0 saturated carbocycles. The van der Waals surface area contributed by atoms with Gasteiger partial charge in [-0.3, -0.25) is 14.4 Å². The summed E-state index contributed by atoms with van der Waals surface area (Å²) in [5, 5.41) is 0. The second-order valence-electron chi connectivity index (χ2n) is 20.9. The molecule has 0 amide bonds. The van der Waals surface area contributed by atoms with E-state index >= 15 is 0 Å². The minimum absolute atomic E-state index is 0.0816. The van der Waals surface area contributed by atoms with Crippen molar-refractivity contribution >= 4 is 17.9 Å². The van der Waals surface area contributed by atoms with Crippen LogP contribution in [0.25, 0.3) is 0 Å². The Morgan fingerprint density at radius 2 is 0.527 bits per heavy atom. The maximum atomic E-state index is 12.8. The summed E-state index contributed by atoms with van der Waals surface area (Å²) in [4.78, 5) is 38.1. The minimum Gasteiger partial charge on any atom is -0.462 e. The maximum absolute atomic E-state index is 12.8. The van der Waals surface area contributed by atoms with Crippen LogP contribution in [0.15, 0.2) is 85.1 Å². The zero-order valence-corrected chi connectivity index (χ0v) is 48.8. The summed E-state index contributed by atoms with van der Waals surface area (Å²) in [6, 6.07) is 0. The molecular formula is C68H118O6. The number of rotatable bonds is 57. The molecule has 0 radical (unpaired) electrons. The first-order valence-corrected chi connectivity index (χ1v) is 31.6. The SMILES string of the molecule is CC/C=C\C/C=C\C/C=C\C/C=C\CCCCCCCCCCCCCCCCCCCCCCC(=O)OCC(COC(=O)CCCCCCC/C=C\CCC)OC(=O)CCCCCCC/C=C\C/C=C\CCC. The first kappa shape index (κ1) is 70.6. The van der Waals surface area contributed by atoms with Crippen LogP contribution in [0.5, 0.6) is 0 Å². The highest BCUT2D eigenvalue weighted by Crippen LogP contribution is 2.17. The zero-order valence-electron chi connectivity index (χ0n) is 48.8. The molecule has 74 heavy (non-hydrogen) atoms. The normalized spacial score (nSPS) is 12.6. The van der Waals surface area contributed by atoms with E-state index in [1.54, 1.807) is 0 Å². The zero-order chi connectivity index (χ0) is 53.6.